The van der Waals surface area contributed by atoms with Crippen molar-refractivity contribution < 1.29 is 14.3 Å². The molecule has 6 heteroatoms. The Morgan fingerprint density at radius 1 is 1.03 bits per heavy atom. The van der Waals surface area contributed by atoms with Crippen LogP contribution in [0.2, 0.25) is 5.02 Å². The first-order valence-corrected chi connectivity index (χ1v) is 13.0. The summed E-state index contributed by atoms with van der Waals surface area (Å²) in [7, 11) is 0. The number of halogens is 1. The van der Waals surface area contributed by atoms with Gasteiger partial charge in [0.1, 0.15) is 18.1 Å². The monoisotopic (exact) mass is 502 g/mol. The zero-order valence-electron chi connectivity index (χ0n) is 20.5. The predicted molar refractivity (Wildman–Crippen MR) is 144 cm³/mol. The summed E-state index contributed by atoms with van der Waals surface area (Å²) in [5, 5.41) is 4.13. The standard InChI is InChI=1S/C30H31ClN2O3/c1-2-22-19-26(11-14-28(22)35-18-16-32-20-21-3-9-25(31)10-4-21)33-17-15-29(30(33)34)36-27-12-7-24(8-13-27)23-5-6-23/h3-4,7-15,19,23,32H,2,5-6,16-18,20H2,1H3. The number of ether oxygens (including phenoxy) is 2. The average Bonchev–Trinajstić information content (AvgIpc) is 3.69. The Hall–Kier alpha value is -3.28. The van der Waals surface area contributed by atoms with Crippen LogP contribution in [0.15, 0.2) is 78.6 Å². The van der Waals surface area contributed by atoms with Gasteiger partial charge in [0, 0.05) is 30.3 Å². The van der Waals surface area contributed by atoms with Gasteiger partial charge in [-0.2, -0.15) is 0 Å². The summed E-state index contributed by atoms with van der Waals surface area (Å²) >= 11 is 5.94. The first kappa shape index (κ1) is 24.4. The van der Waals surface area contributed by atoms with E-state index in [0.29, 0.717) is 30.6 Å². The van der Waals surface area contributed by atoms with E-state index in [1.165, 1.54) is 24.0 Å². The van der Waals surface area contributed by atoms with Crippen molar-refractivity contribution in [1.82, 2.24) is 5.32 Å². The smallest absolute Gasteiger partial charge is 0.294 e. The number of aryl methyl sites for hydroxylation is 1. The van der Waals surface area contributed by atoms with Crippen LogP contribution >= 0.6 is 11.6 Å². The van der Waals surface area contributed by atoms with Gasteiger partial charge in [0.15, 0.2) is 5.76 Å². The molecule has 5 rings (SSSR count). The number of rotatable bonds is 11. The number of amides is 1. The first-order valence-electron chi connectivity index (χ1n) is 12.6. The molecule has 1 saturated carbocycles. The summed E-state index contributed by atoms with van der Waals surface area (Å²) in [5.41, 5.74) is 4.45. The minimum atomic E-state index is -0.122. The summed E-state index contributed by atoms with van der Waals surface area (Å²) in [5.74, 6) is 2.50. The van der Waals surface area contributed by atoms with E-state index < -0.39 is 0 Å². The van der Waals surface area contributed by atoms with Gasteiger partial charge < -0.3 is 19.7 Å². The van der Waals surface area contributed by atoms with Crippen LogP contribution in [-0.2, 0) is 17.8 Å². The second-order valence-electron chi connectivity index (χ2n) is 9.23. The molecule has 0 unspecified atom stereocenters. The highest BCUT2D eigenvalue weighted by Crippen LogP contribution is 2.40. The van der Waals surface area contributed by atoms with Gasteiger partial charge in [-0.3, -0.25) is 4.79 Å². The van der Waals surface area contributed by atoms with E-state index >= 15 is 0 Å². The van der Waals surface area contributed by atoms with Gasteiger partial charge in [-0.15, -0.1) is 0 Å². The predicted octanol–water partition coefficient (Wildman–Crippen LogP) is 6.26. The fourth-order valence-corrected chi connectivity index (χ4v) is 4.48. The van der Waals surface area contributed by atoms with Crippen molar-refractivity contribution in [3.63, 3.8) is 0 Å². The maximum absolute atomic E-state index is 13.0. The fraction of sp³-hybridized carbons (Fsp3) is 0.300. The molecule has 0 spiro atoms. The van der Waals surface area contributed by atoms with Crippen molar-refractivity contribution >= 4 is 23.2 Å². The third kappa shape index (κ3) is 5.92. The summed E-state index contributed by atoms with van der Waals surface area (Å²) in [6, 6.07) is 21.9. The lowest BCUT2D eigenvalue weighted by Gasteiger charge is -2.19. The maximum atomic E-state index is 13.0. The van der Waals surface area contributed by atoms with E-state index in [1.807, 2.05) is 60.7 Å². The summed E-state index contributed by atoms with van der Waals surface area (Å²) in [6.07, 6.45) is 5.19. The summed E-state index contributed by atoms with van der Waals surface area (Å²) in [4.78, 5) is 14.8. The van der Waals surface area contributed by atoms with Crippen molar-refractivity contribution in [2.45, 2.75) is 38.6 Å². The lowest BCUT2D eigenvalue weighted by atomic mass is 10.1. The van der Waals surface area contributed by atoms with Crippen molar-refractivity contribution in [3.05, 3.63) is 100 Å². The second kappa shape index (κ2) is 11.2. The molecule has 1 heterocycles. The van der Waals surface area contributed by atoms with Crippen molar-refractivity contribution in [2.24, 2.45) is 0 Å². The normalized spacial score (nSPS) is 15.2. The number of hydrogen-bond donors (Lipinski definition) is 1. The lowest BCUT2D eigenvalue weighted by molar-refractivity contribution is -0.116. The molecular formula is C30H31ClN2O3. The quantitative estimate of drug-likeness (QED) is 0.314. The van der Waals surface area contributed by atoms with Gasteiger partial charge in [0.2, 0.25) is 0 Å². The van der Waals surface area contributed by atoms with Crippen LogP contribution in [0.25, 0.3) is 0 Å². The number of carbonyl (C=O) groups is 1. The van der Waals surface area contributed by atoms with Crippen LogP contribution in [0.4, 0.5) is 5.69 Å². The lowest BCUT2D eigenvalue weighted by Crippen LogP contribution is -2.27. The molecule has 1 aliphatic carbocycles. The molecule has 3 aromatic carbocycles. The zero-order valence-corrected chi connectivity index (χ0v) is 21.3. The first-order chi connectivity index (χ1) is 17.6. The van der Waals surface area contributed by atoms with Crippen LogP contribution in [0.1, 0.15) is 42.4 Å². The highest BCUT2D eigenvalue weighted by atomic mass is 35.5. The van der Waals surface area contributed by atoms with Crippen molar-refractivity contribution in [3.8, 4) is 11.5 Å². The maximum Gasteiger partial charge on any atom is 0.294 e. The minimum absolute atomic E-state index is 0.122. The van der Waals surface area contributed by atoms with E-state index in [1.54, 1.807) is 4.90 Å². The third-order valence-electron chi connectivity index (χ3n) is 6.59. The summed E-state index contributed by atoms with van der Waals surface area (Å²) < 4.78 is 12.0. The Balaban J connectivity index is 1.13. The van der Waals surface area contributed by atoms with Crippen LogP contribution in [0, 0.1) is 0 Å². The molecule has 5 nitrogen and oxygen atoms in total. The number of benzene rings is 3. The van der Waals surface area contributed by atoms with Crippen LogP contribution in [0.5, 0.6) is 11.5 Å². The highest BCUT2D eigenvalue weighted by molar-refractivity contribution is 6.30. The number of anilines is 1. The van der Waals surface area contributed by atoms with Crippen LogP contribution in [-0.4, -0.2) is 25.6 Å². The minimum Gasteiger partial charge on any atom is -0.492 e. The Morgan fingerprint density at radius 2 is 1.81 bits per heavy atom. The van der Waals surface area contributed by atoms with Crippen molar-refractivity contribution in [1.29, 1.82) is 0 Å². The van der Waals surface area contributed by atoms with E-state index in [2.05, 4.69) is 24.4 Å². The molecule has 186 valence electrons. The van der Waals surface area contributed by atoms with E-state index in [-0.39, 0.29) is 5.91 Å². The molecule has 3 aromatic rings. The Morgan fingerprint density at radius 3 is 2.53 bits per heavy atom. The molecule has 2 aliphatic rings. The molecule has 0 saturated heterocycles. The number of hydrogen-bond acceptors (Lipinski definition) is 4. The van der Waals surface area contributed by atoms with Gasteiger partial charge in [-0.25, -0.2) is 0 Å². The SMILES string of the molecule is CCc1cc(N2CC=C(Oc3ccc(C4CC4)cc3)C2=O)ccc1OCCNCc1ccc(Cl)cc1. The van der Waals surface area contributed by atoms with Gasteiger partial charge in [-0.1, -0.05) is 42.8 Å². The third-order valence-corrected chi connectivity index (χ3v) is 6.84. The van der Waals surface area contributed by atoms with Gasteiger partial charge in [0.05, 0.1) is 0 Å². The number of nitrogens with zero attached hydrogens (tertiary/aromatic N) is 1. The molecule has 0 atom stereocenters. The molecule has 0 aromatic heterocycles. The number of carbonyl (C=O) groups excluding carboxylic acids is 1. The van der Waals surface area contributed by atoms with Gasteiger partial charge >= 0.3 is 0 Å². The Labute approximate surface area is 217 Å². The van der Waals surface area contributed by atoms with Gasteiger partial charge in [-0.05, 0) is 90.4 Å². The fourth-order valence-electron chi connectivity index (χ4n) is 4.36. The van der Waals surface area contributed by atoms with Crippen LogP contribution < -0.4 is 19.7 Å². The molecule has 1 fully saturated rings. The Kier molecular flexibility index (Phi) is 7.59. The van der Waals surface area contributed by atoms with Gasteiger partial charge in [0.25, 0.3) is 5.91 Å². The zero-order chi connectivity index (χ0) is 24.9. The van der Waals surface area contributed by atoms with E-state index in [0.717, 1.165) is 41.5 Å². The molecular weight excluding hydrogens is 472 g/mol. The highest BCUT2D eigenvalue weighted by Gasteiger charge is 2.28. The van der Waals surface area contributed by atoms with Crippen LogP contribution in [0.3, 0.4) is 0 Å². The molecule has 0 radical (unpaired) electrons. The molecule has 1 aliphatic heterocycles. The van der Waals surface area contributed by atoms with Crippen molar-refractivity contribution in [2.75, 3.05) is 24.6 Å². The topological polar surface area (TPSA) is 50.8 Å². The molecule has 36 heavy (non-hydrogen) atoms. The molecule has 0 bridgehead atoms. The van der Waals surface area contributed by atoms with E-state index in [9.17, 15) is 4.79 Å². The van der Waals surface area contributed by atoms with E-state index in [4.69, 9.17) is 21.1 Å². The molecule has 1 N–H and O–H groups in total. The second-order valence-corrected chi connectivity index (χ2v) is 9.66. The molecule has 1 amide bonds. The average molecular weight is 503 g/mol. The largest absolute Gasteiger partial charge is 0.492 e. The Bertz CT molecular complexity index is 1230. The summed E-state index contributed by atoms with van der Waals surface area (Å²) in [6.45, 7) is 4.63. The number of nitrogens with one attached hydrogen (secondary N) is 1.